The van der Waals surface area contributed by atoms with E-state index in [0.29, 0.717) is 0 Å². The van der Waals surface area contributed by atoms with Crippen LogP contribution in [-0.2, 0) is 4.79 Å². The average molecular weight is 416 g/mol. The fourth-order valence-corrected chi connectivity index (χ4v) is 4.68. The molecule has 0 unspecified atom stereocenters. The number of nitrogens with zero attached hydrogens (tertiary/aromatic N) is 1. The quantitative estimate of drug-likeness (QED) is 0.368. The first-order valence-electron chi connectivity index (χ1n) is 9.50. The predicted octanol–water partition coefficient (Wildman–Crippen LogP) is 6.45. The van der Waals surface area contributed by atoms with E-state index in [4.69, 9.17) is 5.11 Å². The first-order chi connectivity index (χ1) is 14.4. The van der Waals surface area contributed by atoms with Gasteiger partial charge in [-0.3, -0.25) is 0 Å². The monoisotopic (exact) mass is 415 g/mol. The normalized spacial score (nSPS) is 11.3. The fourth-order valence-electron chi connectivity index (χ4n) is 3.41. The van der Waals surface area contributed by atoms with Crippen molar-refractivity contribution in [3.63, 3.8) is 0 Å². The van der Waals surface area contributed by atoms with Crippen LogP contribution >= 0.6 is 11.3 Å². The molecule has 0 spiro atoms. The second kappa shape index (κ2) is 8.05. The minimum absolute atomic E-state index is 0.253. The Bertz CT molecular complexity index is 1240. The van der Waals surface area contributed by atoms with Crippen LogP contribution in [0.4, 0.5) is 11.4 Å². The second-order valence-electron chi connectivity index (χ2n) is 7.15. The number of aryl methyl sites for hydroxylation is 1. The minimum Gasteiger partial charge on any atom is -0.508 e. The number of benzene rings is 3. The first kappa shape index (κ1) is 19.7. The van der Waals surface area contributed by atoms with Gasteiger partial charge in [0.05, 0.1) is 10.6 Å². The Morgan fingerprint density at radius 3 is 2.37 bits per heavy atom. The Labute approximate surface area is 179 Å². The molecule has 2 N–H and O–H groups in total. The number of aliphatic carboxylic acids is 1. The zero-order chi connectivity index (χ0) is 21.3. The number of aromatic hydroxyl groups is 1. The van der Waals surface area contributed by atoms with Gasteiger partial charge in [-0.1, -0.05) is 42.0 Å². The van der Waals surface area contributed by atoms with Crippen molar-refractivity contribution in [2.24, 2.45) is 0 Å². The van der Waals surface area contributed by atoms with Crippen LogP contribution in [0.5, 0.6) is 5.75 Å². The van der Waals surface area contributed by atoms with E-state index < -0.39 is 5.97 Å². The van der Waals surface area contributed by atoms with Gasteiger partial charge in [0, 0.05) is 28.9 Å². The van der Waals surface area contributed by atoms with Gasteiger partial charge in [-0.2, -0.15) is 0 Å². The number of hydrogen-bond acceptors (Lipinski definition) is 4. The summed E-state index contributed by atoms with van der Waals surface area (Å²) in [4.78, 5) is 14.0. The molecule has 0 amide bonds. The van der Waals surface area contributed by atoms with Crippen molar-refractivity contribution in [3.05, 3.63) is 83.9 Å². The van der Waals surface area contributed by atoms with E-state index in [2.05, 4.69) is 36.1 Å². The van der Waals surface area contributed by atoms with E-state index in [1.54, 1.807) is 29.5 Å². The molecule has 150 valence electrons. The highest BCUT2D eigenvalue weighted by Gasteiger charge is 2.19. The highest BCUT2D eigenvalue weighted by Crippen LogP contribution is 2.47. The molecular formula is C25H21NO3S. The summed E-state index contributed by atoms with van der Waals surface area (Å²) >= 11 is 1.66. The summed E-state index contributed by atoms with van der Waals surface area (Å²) in [6.45, 7) is 2.07. The third-order valence-electron chi connectivity index (χ3n) is 5.00. The molecule has 4 nitrogen and oxygen atoms in total. The van der Waals surface area contributed by atoms with Gasteiger partial charge in [-0.05, 0) is 54.5 Å². The number of phenolic OH excluding ortho intramolecular Hbond substituents is 1. The van der Waals surface area contributed by atoms with Crippen LogP contribution in [0.2, 0.25) is 0 Å². The molecule has 1 aromatic heterocycles. The van der Waals surface area contributed by atoms with Crippen molar-refractivity contribution in [2.45, 2.75) is 6.92 Å². The van der Waals surface area contributed by atoms with Crippen LogP contribution in [0.25, 0.3) is 26.6 Å². The van der Waals surface area contributed by atoms with E-state index in [-0.39, 0.29) is 5.75 Å². The largest absolute Gasteiger partial charge is 0.508 e. The molecule has 0 radical (unpaired) electrons. The minimum atomic E-state index is -0.966. The molecule has 0 saturated heterocycles. The van der Waals surface area contributed by atoms with E-state index in [1.165, 1.54) is 5.56 Å². The summed E-state index contributed by atoms with van der Waals surface area (Å²) in [5, 5.41) is 19.8. The van der Waals surface area contributed by atoms with E-state index in [1.807, 2.05) is 37.4 Å². The number of carbonyl (C=O) groups is 1. The number of carboxylic acids is 1. The summed E-state index contributed by atoms with van der Waals surface area (Å²) in [7, 11) is 2.02. The number of anilines is 2. The Balaban J connectivity index is 1.81. The molecule has 0 atom stereocenters. The number of hydrogen-bond donors (Lipinski definition) is 2. The highest BCUT2D eigenvalue weighted by molar-refractivity contribution is 7.23. The lowest BCUT2D eigenvalue weighted by atomic mass is 10.1. The number of thiophene rings is 1. The van der Waals surface area contributed by atoms with Gasteiger partial charge in [0.25, 0.3) is 0 Å². The molecule has 0 aliphatic heterocycles. The molecule has 5 heteroatoms. The molecule has 0 bridgehead atoms. The van der Waals surface area contributed by atoms with Crippen molar-refractivity contribution in [3.8, 4) is 16.2 Å². The smallest absolute Gasteiger partial charge is 0.328 e. The Kier molecular flexibility index (Phi) is 5.29. The zero-order valence-corrected chi connectivity index (χ0v) is 17.5. The molecule has 4 aromatic rings. The van der Waals surface area contributed by atoms with E-state index >= 15 is 0 Å². The maximum absolute atomic E-state index is 10.7. The number of carboxylic acid groups (broad SMARTS) is 1. The lowest BCUT2D eigenvalue weighted by Crippen LogP contribution is -2.09. The summed E-state index contributed by atoms with van der Waals surface area (Å²) in [5.74, 6) is -0.713. The predicted molar refractivity (Wildman–Crippen MR) is 125 cm³/mol. The van der Waals surface area contributed by atoms with Crippen LogP contribution in [0.3, 0.4) is 0 Å². The standard InChI is InChI=1S/C25H21NO3S/c1-16-3-8-18(9-4-16)25-24(21-13-12-20(27)15-22(21)30-25)26(2)19-10-5-17(6-11-19)7-14-23(28)29/h3-15,27H,1-2H3,(H,28,29)/b14-7+. The van der Waals surface area contributed by atoms with Gasteiger partial charge < -0.3 is 15.1 Å². The van der Waals surface area contributed by atoms with Gasteiger partial charge in [0.1, 0.15) is 5.75 Å². The highest BCUT2D eigenvalue weighted by atomic mass is 32.1. The SMILES string of the molecule is Cc1ccc(-c2sc3cc(O)ccc3c2N(C)c2ccc(/C=C/C(=O)O)cc2)cc1. The van der Waals surface area contributed by atoms with Crippen LogP contribution in [0, 0.1) is 6.92 Å². The van der Waals surface area contributed by atoms with Crippen LogP contribution in [-0.4, -0.2) is 23.2 Å². The van der Waals surface area contributed by atoms with Crippen LogP contribution in [0.15, 0.2) is 72.8 Å². The third kappa shape index (κ3) is 3.93. The molecule has 0 saturated carbocycles. The molecule has 1 heterocycles. The summed E-state index contributed by atoms with van der Waals surface area (Å²) in [6.07, 6.45) is 2.71. The topological polar surface area (TPSA) is 60.8 Å². The summed E-state index contributed by atoms with van der Waals surface area (Å²) < 4.78 is 1.02. The fraction of sp³-hybridized carbons (Fsp3) is 0.0800. The maximum atomic E-state index is 10.7. The Morgan fingerprint density at radius 2 is 1.70 bits per heavy atom. The van der Waals surface area contributed by atoms with Gasteiger partial charge >= 0.3 is 5.97 Å². The van der Waals surface area contributed by atoms with Gasteiger partial charge in [0.15, 0.2) is 0 Å². The number of phenols is 1. The van der Waals surface area contributed by atoms with Crippen LogP contribution in [0.1, 0.15) is 11.1 Å². The third-order valence-corrected chi connectivity index (χ3v) is 6.19. The lowest BCUT2D eigenvalue weighted by Gasteiger charge is -2.21. The molecule has 0 aliphatic rings. The van der Waals surface area contributed by atoms with Crippen molar-refractivity contribution < 1.29 is 15.0 Å². The maximum Gasteiger partial charge on any atom is 0.328 e. The second-order valence-corrected chi connectivity index (χ2v) is 8.20. The van der Waals surface area contributed by atoms with Gasteiger partial charge in [-0.15, -0.1) is 11.3 Å². The molecule has 3 aromatic carbocycles. The number of rotatable bonds is 5. The van der Waals surface area contributed by atoms with E-state index in [9.17, 15) is 9.90 Å². The molecule has 30 heavy (non-hydrogen) atoms. The zero-order valence-electron chi connectivity index (χ0n) is 16.7. The average Bonchev–Trinajstić information content (AvgIpc) is 3.11. The molecule has 4 rings (SSSR count). The van der Waals surface area contributed by atoms with Crippen molar-refractivity contribution >= 4 is 44.8 Å². The molecule has 0 fully saturated rings. The Morgan fingerprint density at radius 1 is 1.00 bits per heavy atom. The summed E-state index contributed by atoms with van der Waals surface area (Å²) in [6, 6.07) is 21.7. The van der Waals surface area contributed by atoms with Crippen molar-refractivity contribution in [1.29, 1.82) is 0 Å². The Hall–Kier alpha value is -3.57. The molecular weight excluding hydrogens is 394 g/mol. The van der Waals surface area contributed by atoms with Crippen molar-refractivity contribution in [1.82, 2.24) is 0 Å². The lowest BCUT2D eigenvalue weighted by molar-refractivity contribution is -0.131. The van der Waals surface area contributed by atoms with Gasteiger partial charge in [0.2, 0.25) is 0 Å². The number of fused-ring (bicyclic) bond motifs is 1. The van der Waals surface area contributed by atoms with Crippen LogP contribution < -0.4 is 4.90 Å². The van der Waals surface area contributed by atoms with E-state index in [0.717, 1.165) is 43.5 Å². The molecule has 0 aliphatic carbocycles. The first-order valence-corrected chi connectivity index (χ1v) is 10.3. The van der Waals surface area contributed by atoms with Crippen molar-refractivity contribution in [2.75, 3.05) is 11.9 Å². The summed E-state index contributed by atoms with van der Waals surface area (Å²) in [5.41, 5.74) is 5.23. The van der Waals surface area contributed by atoms with Gasteiger partial charge in [-0.25, -0.2) is 4.79 Å².